The molecule has 13 aliphatic rings. The number of hydrogen-bond donors (Lipinski definition) is 7. The molecule has 0 radical (unpaired) electrons. The minimum Gasteiger partial charge on any atom is -0.748 e. The van der Waals surface area contributed by atoms with Crippen LogP contribution in [0.15, 0.2) is 174 Å². The number of fused-ring (bicyclic) bond motifs is 12. The van der Waals surface area contributed by atoms with E-state index in [9.17, 15) is 28.3 Å². The molecule has 9 N–H and O–H groups in total. The van der Waals surface area contributed by atoms with Gasteiger partial charge in [-0.2, -0.15) is 0 Å². The summed E-state index contributed by atoms with van der Waals surface area (Å²) < 4.78 is 59.0. The molecule has 1 saturated heterocycles. The van der Waals surface area contributed by atoms with E-state index in [4.69, 9.17) is 25.9 Å². The first-order valence-electron chi connectivity index (χ1n) is 37.4. The van der Waals surface area contributed by atoms with Crippen molar-refractivity contribution < 1.29 is 72.4 Å². The number of phenolic OH excluding ortho intramolecular Hbond substituents is 1. The van der Waals surface area contributed by atoms with Gasteiger partial charge in [0, 0.05) is 65.9 Å². The number of aliphatic hydroxyl groups excluding tert-OH is 1. The summed E-state index contributed by atoms with van der Waals surface area (Å²) in [7, 11) is -2.98. The number of nitrogens with zero attached hydrogens (tertiary/aromatic N) is 1. The Bertz CT molecular complexity index is 4810. The van der Waals surface area contributed by atoms with E-state index in [1.807, 2.05) is 25.2 Å². The molecule has 520 valence electrons. The van der Waals surface area contributed by atoms with Crippen LogP contribution in [0.2, 0.25) is 0 Å². The summed E-state index contributed by atoms with van der Waals surface area (Å²) in [6.45, 7) is 2.82. The van der Waals surface area contributed by atoms with Gasteiger partial charge in [0.15, 0.2) is 5.96 Å². The van der Waals surface area contributed by atoms with Crippen LogP contribution in [-0.4, -0.2) is 70.0 Å². The van der Waals surface area contributed by atoms with Crippen molar-refractivity contribution in [2.24, 2.45) is 69.7 Å². The molecular formula is C87H91N4NaO9S. The Morgan fingerprint density at radius 2 is 1.62 bits per heavy atom. The van der Waals surface area contributed by atoms with E-state index in [1.54, 1.807) is 12.1 Å². The smallest absolute Gasteiger partial charge is 0.748 e. The Labute approximate surface area is 621 Å². The zero-order valence-corrected chi connectivity index (χ0v) is 61.4. The number of nitrogens with one attached hydrogen (secondary N) is 1. The van der Waals surface area contributed by atoms with Crippen LogP contribution in [0.5, 0.6) is 11.5 Å². The number of phenols is 1. The summed E-state index contributed by atoms with van der Waals surface area (Å²) in [5.74, 6) is 3.64. The summed E-state index contributed by atoms with van der Waals surface area (Å²) in [6.07, 6.45) is 19.0. The third-order valence-corrected chi connectivity index (χ3v) is 28.4. The van der Waals surface area contributed by atoms with Crippen LogP contribution in [0.4, 0.5) is 0 Å². The zero-order chi connectivity index (χ0) is 69.0. The van der Waals surface area contributed by atoms with Gasteiger partial charge >= 0.3 is 29.6 Å². The van der Waals surface area contributed by atoms with Gasteiger partial charge in [0.2, 0.25) is 5.72 Å². The monoisotopic (exact) mass is 1390 g/mol. The predicted molar refractivity (Wildman–Crippen MR) is 391 cm³/mol. The number of rotatable bonds is 9. The number of aliphatic hydroxyl groups is 3. The molecule has 20 rings (SSSR count). The molecule has 13 nitrogen and oxygen atoms in total. The van der Waals surface area contributed by atoms with E-state index in [0.717, 1.165) is 95.2 Å². The maximum atomic E-state index is 15.0. The Morgan fingerprint density at radius 1 is 0.794 bits per heavy atom. The molecular weight excluding hydrogens is 1300 g/mol. The van der Waals surface area contributed by atoms with Crippen LogP contribution in [0, 0.1) is 65.1 Å². The molecule has 7 aromatic carbocycles. The molecule has 7 aromatic rings. The van der Waals surface area contributed by atoms with Crippen molar-refractivity contribution in [1.29, 1.82) is 0 Å². The minimum absolute atomic E-state index is 0. The SMILES string of the molecule is CNCc1cc2cccc3c2c2c1CCc1cc([C@@H]4CC[C@@H]5[C@@H]6C=C[C@H]4[C@@]5(O)[C@H](Cc4ccccc4)[C@@H]([C@]4(N=C(N)N)Oc5ccc7c(c5)CC[C@@H](C)[C@@H]7C[C@@H](S(=O)(=O)[O-])[C@H]5C=C7C[C@H](C[C@H]8C[C@@H](CO)CC#Cc9cc(O)ccc9[C@@H]7O8)[C@@H]5c5ccc4cc5)C6)ccc1[C@@]1(O)C=C[C@@H]3C[C@@H]21.[Na+]. The molecule has 15 heteroatoms. The Balaban J connectivity index is 0.00000774. The molecule has 0 amide bonds. The first-order valence-corrected chi connectivity index (χ1v) is 38.8. The van der Waals surface area contributed by atoms with Gasteiger partial charge in [-0.05, 0) is 252 Å². The number of allylic oxidation sites excluding steroid dienone is 3. The number of aryl methyl sites for hydroxylation is 2. The molecule has 8 aliphatic carbocycles. The van der Waals surface area contributed by atoms with Crippen molar-refractivity contribution >= 4 is 26.9 Å². The van der Waals surface area contributed by atoms with Gasteiger partial charge in [-0.1, -0.05) is 152 Å². The minimum atomic E-state index is -5.00. The van der Waals surface area contributed by atoms with E-state index in [0.29, 0.717) is 61.8 Å². The molecule has 0 aromatic heterocycles. The van der Waals surface area contributed by atoms with E-state index in [2.05, 4.69) is 158 Å². The average Bonchev–Trinajstić information content (AvgIpc) is 0.747. The number of benzene rings is 7. The topological polar surface area (TPSA) is 233 Å². The van der Waals surface area contributed by atoms with Crippen molar-refractivity contribution in [2.75, 3.05) is 13.7 Å². The number of aliphatic imine (C=N–C) groups is 1. The first kappa shape index (κ1) is 68.3. The molecule has 20 atom stereocenters. The predicted octanol–water partition coefficient (Wildman–Crippen LogP) is 10.4. The molecule has 0 spiro atoms. The molecule has 2 saturated carbocycles. The molecule has 16 bridgehead atoms. The fraction of sp³-hybridized carbons (Fsp3) is 0.437. The van der Waals surface area contributed by atoms with Crippen molar-refractivity contribution in [3.63, 3.8) is 0 Å². The second-order valence-electron chi connectivity index (χ2n) is 32.2. The van der Waals surface area contributed by atoms with Crippen molar-refractivity contribution in [1.82, 2.24) is 5.32 Å². The Kier molecular flexibility index (Phi) is 17.4. The summed E-state index contributed by atoms with van der Waals surface area (Å²) >= 11 is 0. The summed E-state index contributed by atoms with van der Waals surface area (Å²) in [5, 5.41) is 55.0. The Morgan fingerprint density at radius 3 is 2.42 bits per heavy atom. The van der Waals surface area contributed by atoms with E-state index >= 15 is 5.11 Å². The second-order valence-corrected chi connectivity index (χ2v) is 33.8. The van der Waals surface area contributed by atoms with Crippen molar-refractivity contribution in [3.05, 3.63) is 247 Å². The number of hydrogen-bond acceptors (Lipinski definition) is 11. The quantitative estimate of drug-likeness (QED) is 0.0179. The van der Waals surface area contributed by atoms with Gasteiger partial charge in [-0.25, -0.2) is 13.4 Å². The van der Waals surface area contributed by atoms with Gasteiger partial charge in [0.25, 0.3) is 0 Å². The largest absolute Gasteiger partial charge is 1.00 e. The maximum Gasteiger partial charge on any atom is 1.00 e. The first-order chi connectivity index (χ1) is 48.9. The zero-order valence-electron chi connectivity index (χ0n) is 58.6. The molecule has 102 heavy (non-hydrogen) atoms. The van der Waals surface area contributed by atoms with Gasteiger partial charge in [0.1, 0.15) is 23.2 Å². The van der Waals surface area contributed by atoms with Gasteiger partial charge < -0.3 is 51.2 Å². The number of guanidine groups is 1. The van der Waals surface area contributed by atoms with E-state index < -0.39 is 62.1 Å². The van der Waals surface area contributed by atoms with Crippen LogP contribution in [0.3, 0.4) is 0 Å². The van der Waals surface area contributed by atoms with Crippen molar-refractivity contribution in [2.45, 2.75) is 167 Å². The van der Waals surface area contributed by atoms with Gasteiger partial charge in [-0.3, -0.25) is 0 Å². The van der Waals surface area contributed by atoms with Gasteiger partial charge in [-0.15, -0.1) is 0 Å². The standard InChI is InChI=1S/C87H92N4O9S.Na/c1-48-14-15-54-40-64-24-27-66(54)71(48)45-79(101(96,97)98)72-42-60-38-59(41-65-34-50(47-92)10-6-11-52-39-63(93)23-26-70(52)83(60)99-65)80(72)51-16-21-62(22-17-51)87(100-64,91-84(88)89)77-44-57-20-30-75-67(28-31-74(57)86(75,95)76(77)35-49-8-4-3-5-9-49)53-19-29-73-56(36-53)18-25-69-61(46-90-2)37-58-12-7-13-68-55-32-33-85(73,94)78(43-55)82(69)81(58)68;/h3-5,7-9,12-13,16-17,19-24,26-27,29-30,32-33,36-37,39-40,42,48,50,55,57,59,65,67,71-72,74-80,83,90,92-95H,10,14-15,18,25,28,31,34-35,38,41,43-47H2,1-2H3,(H4,88,89,91)(H,96,97,98);/q;+1/p-1/t48-,50+,55-,57-,59-,65-,67+,71+,72-,74-,75-,76-,77+,78+,79-,80+,83-,85+,86-,87-;/m1./s1. The van der Waals surface area contributed by atoms with Crippen molar-refractivity contribution in [3.8, 4) is 23.3 Å². The third kappa shape index (κ3) is 11.1. The van der Waals surface area contributed by atoms with Crippen LogP contribution >= 0.6 is 0 Å². The summed E-state index contributed by atoms with van der Waals surface area (Å²) in [5.41, 5.74) is 25.1. The van der Waals surface area contributed by atoms with Crippen LogP contribution < -0.4 is 51.1 Å². The normalized spacial score (nSPS) is 34.8. The molecule has 3 fully saturated rings. The third-order valence-electron chi connectivity index (χ3n) is 27.1. The van der Waals surface area contributed by atoms with E-state index in [-0.39, 0.29) is 120 Å². The average molecular weight is 1390 g/mol. The Hall–Kier alpha value is -6.84. The summed E-state index contributed by atoms with van der Waals surface area (Å²) in [6, 6.07) is 46.1. The fourth-order valence-corrected chi connectivity index (χ4v) is 23.9. The van der Waals surface area contributed by atoms with Crippen LogP contribution in [0.25, 0.3) is 10.8 Å². The molecule has 0 unspecified atom stereocenters. The number of ether oxygens (including phenoxy) is 2. The van der Waals surface area contributed by atoms with Gasteiger partial charge in [0.05, 0.1) is 27.1 Å². The maximum absolute atomic E-state index is 15.0. The molecule has 5 aliphatic heterocycles. The van der Waals surface area contributed by atoms with E-state index in [1.165, 1.54) is 33.0 Å². The number of nitrogens with two attached hydrogens (primary N) is 2. The van der Waals surface area contributed by atoms with Crippen LogP contribution in [0.1, 0.15) is 185 Å². The number of aromatic hydroxyl groups is 1. The fourth-order valence-electron chi connectivity index (χ4n) is 22.8. The van der Waals surface area contributed by atoms with Crippen LogP contribution in [-0.2, 0) is 58.4 Å². The molecule has 5 heterocycles. The second kappa shape index (κ2) is 26.0. The summed E-state index contributed by atoms with van der Waals surface area (Å²) in [4.78, 5) is 5.49.